The summed E-state index contributed by atoms with van der Waals surface area (Å²) in [5, 5.41) is 2.14. The summed E-state index contributed by atoms with van der Waals surface area (Å²) in [6.45, 7) is 1.84. The molecule has 2 rings (SSSR count). The lowest BCUT2D eigenvalue weighted by atomic mass is 10.1. The van der Waals surface area contributed by atoms with E-state index in [1.807, 2.05) is 6.92 Å². The molecule has 0 heterocycles. The fourth-order valence-electron chi connectivity index (χ4n) is 1.64. The zero-order chi connectivity index (χ0) is 14.9. The zero-order valence-corrected chi connectivity index (χ0v) is 11.9. The van der Waals surface area contributed by atoms with Crippen molar-refractivity contribution in [1.29, 1.82) is 0 Å². The molecule has 0 unspecified atom stereocenters. The normalized spacial score (nSPS) is 10.4. The Morgan fingerprint density at radius 2 is 1.85 bits per heavy atom. The number of carbonyl (C=O) groups is 1. The van der Waals surface area contributed by atoms with Gasteiger partial charge in [0.2, 0.25) is 0 Å². The molecular weight excluding hydrogens is 335 g/mol. The third-order valence-corrected chi connectivity index (χ3v) is 3.27. The van der Waals surface area contributed by atoms with E-state index in [9.17, 15) is 18.0 Å². The molecule has 0 spiro atoms. The summed E-state index contributed by atoms with van der Waals surface area (Å²) in [7, 11) is 0. The Hall–Kier alpha value is -1.82. The van der Waals surface area contributed by atoms with Crippen LogP contribution in [0.15, 0.2) is 34.8 Å². The molecule has 0 aliphatic heterocycles. The summed E-state index contributed by atoms with van der Waals surface area (Å²) in [6, 6.07) is 6.06. The molecule has 0 radical (unpaired) electrons. The average molecular weight is 344 g/mol. The molecule has 20 heavy (non-hydrogen) atoms. The Morgan fingerprint density at radius 3 is 2.50 bits per heavy atom. The molecule has 0 atom stereocenters. The van der Waals surface area contributed by atoms with E-state index in [1.54, 1.807) is 12.1 Å². The molecule has 0 bridgehead atoms. The Bertz CT molecular complexity index is 688. The molecule has 1 amide bonds. The van der Waals surface area contributed by atoms with Crippen LogP contribution in [0.5, 0.6) is 0 Å². The van der Waals surface area contributed by atoms with Crippen LogP contribution in [0.2, 0.25) is 0 Å². The summed E-state index contributed by atoms with van der Waals surface area (Å²) >= 11 is 3.21. The summed E-state index contributed by atoms with van der Waals surface area (Å²) in [5.74, 6) is -4.30. The van der Waals surface area contributed by atoms with E-state index in [0.29, 0.717) is 10.5 Å². The quantitative estimate of drug-likeness (QED) is 0.803. The van der Waals surface area contributed by atoms with E-state index in [0.717, 1.165) is 11.6 Å². The highest BCUT2D eigenvalue weighted by Crippen LogP contribution is 2.23. The van der Waals surface area contributed by atoms with Crippen LogP contribution in [0.3, 0.4) is 0 Å². The molecular formula is C14H9BrF3NO. The first kappa shape index (κ1) is 14.6. The van der Waals surface area contributed by atoms with Crippen molar-refractivity contribution in [1.82, 2.24) is 0 Å². The van der Waals surface area contributed by atoms with Crippen LogP contribution in [0.25, 0.3) is 0 Å². The van der Waals surface area contributed by atoms with Gasteiger partial charge in [-0.1, -0.05) is 6.07 Å². The topological polar surface area (TPSA) is 29.1 Å². The van der Waals surface area contributed by atoms with Crippen LogP contribution >= 0.6 is 15.9 Å². The molecule has 0 aromatic heterocycles. The fourth-order valence-corrected chi connectivity index (χ4v) is 2.31. The van der Waals surface area contributed by atoms with Crippen LogP contribution in [0.1, 0.15) is 15.9 Å². The minimum absolute atomic E-state index is 0.236. The van der Waals surface area contributed by atoms with Crippen molar-refractivity contribution in [2.75, 3.05) is 5.32 Å². The fraction of sp³-hybridized carbons (Fsp3) is 0.0714. The SMILES string of the molecule is Cc1ccc(C(=O)Nc2cc(F)cc(F)c2F)c(Br)c1. The van der Waals surface area contributed by atoms with Crippen molar-refractivity contribution in [3.8, 4) is 0 Å². The number of amides is 1. The minimum atomic E-state index is -1.36. The molecule has 2 nitrogen and oxygen atoms in total. The van der Waals surface area contributed by atoms with Crippen molar-refractivity contribution in [3.05, 3.63) is 63.4 Å². The van der Waals surface area contributed by atoms with Crippen molar-refractivity contribution in [2.24, 2.45) is 0 Å². The molecule has 2 aromatic rings. The van der Waals surface area contributed by atoms with E-state index in [1.165, 1.54) is 6.07 Å². The maximum Gasteiger partial charge on any atom is 0.256 e. The number of hydrogen-bond acceptors (Lipinski definition) is 1. The van der Waals surface area contributed by atoms with Crippen LogP contribution < -0.4 is 5.32 Å². The van der Waals surface area contributed by atoms with Gasteiger partial charge in [-0.3, -0.25) is 4.79 Å². The second-order valence-electron chi connectivity index (χ2n) is 4.19. The number of benzene rings is 2. The summed E-state index contributed by atoms with van der Waals surface area (Å²) in [5.41, 5.74) is 0.621. The third kappa shape index (κ3) is 3.01. The summed E-state index contributed by atoms with van der Waals surface area (Å²) < 4.78 is 40.0. The largest absolute Gasteiger partial charge is 0.319 e. The number of carbonyl (C=O) groups excluding carboxylic acids is 1. The lowest BCUT2D eigenvalue weighted by Crippen LogP contribution is -2.14. The first-order valence-electron chi connectivity index (χ1n) is 5.60. The molecule has 2 aromatic carbocycles. The monoisotopic (exact) mass is 343 g/mol. The van der Waals surface area contributed by atoms with Crippen molar-refractivity contribution < 1.29 is 18.0 Å². The Kier molecular flexibility index (Phi) is 4.13. The first-order valence-corrected chi connectivity index (χ1v) is 6.40. The predicted octanol–water partition coefficient (Wildman–Crippen LogP) is 4.43. The molecule has 104 valence electrons. The van der Waals surface area contributed by atoms with Crippen molar-refractivity contribution in [3.63, 3.8) is 0 Å². The first-order chi connectivity index (χ1) is 9.38. The van der Waals surface area contributed by atoms with Gasteiger partial charge in [0.25, 0.3) is 5.91 Å². The molecule has 0 fully saturated rings. The van der Waals surface area contributed by atoms with E-state index >= 15 is 0 Å². The van der Waals surface area contributed by atoms with E-state index in [2.05, 4.69) is 21.2 Å². The standard InChI is InChI=1S/C14H9BrF3NO/c1-7-2-3-9(10(15)4-7)14(20)19-12-6-8(16)5-11(17)13(12)18/h2-6H,1H3,(H,19,20). The van der Waals surface area contributed by atoms with E-state index < -0.39 is 29.0 Å². The maximum absolute atomic E-state index is 13.5. The number of rotatable bonds is 2. The van der Waals surface area contributed by atoms with Gasteiger partial charge in [0.1, 0.15) is 5.82 Å². The maximum atomic E-state index is 13.5. The van der Waals surface area contributed by atoms with E-state index in [-0.39, 0.29) is 5.56 Å². The average Bonchev–Trinajstić information content (AvgIpc) is 2.35. The smallest absolute Gasteiger partial charge is 0.256 e. The lowest BCUT2D eigenvalue weighted by molar-refractivity contribution is 0.102. The molecule has 0 aliphatic rings. The Labute approximate surface area is 121 Å². The van der Waals surface area contributed by atoms with Crippen LogP contribution in [-0.2, 0) is 0 Å². The van der Waals surface area contributed by atoms with Crippen LogP contribution in [0, 0.1) is 24.4 Å². The second-order valence-corrected chi connectivity index (χ2v) is 5.04. The van der Waals surface area contributed by atoms with Crippen molar-refractivity contribution in [2.45, 2.75) is 6.92 Å². The lowest BCUT2D eigenvalue weighted by Gasteiger charge is -2.09. The highest BCUT2D eigenvalue weighted by Gasteiger charge is 2.16. The second kappa shape index (κ2) is 5.66. The van der Waals surface area contributed by atoms with E-state index in [4.69, 9.17) is 0 Å². The molecule has 6 heteroatoms. The zero-order valence-electron chi connectivity index (χ0n) is 10.3. The third-order valence-electron chi connectivity index (χ3n) is 2.61. The van der Waals surface area contributed by atoms with Crippen molar-refractivity contribution >= 4 is 27.5 Å². The predicted molar refractivity (Wildman–Crippen MR) is 73.1 cm³/mol. The van der Waals surface area contributed by atoms with Gasteiger partial charge in [0, 0.05) is 16.6 Å². The summed E-state index contributed by atoms with van der Waals surface area (Å²) in [4.78, 5) is 12.0. The molecule has 0 saturated carbocycles. The van der Waals surface area contributed by atoms with Gasteiger partial charge in [-0.05, 0) is 40.5 Å². The number of aryl methyl sites for hydroxylation is 1. The van der Waals surface area contributed by atoms with Gasteiger partial charge in [-0.2, -0.15) is 0 Å². The molecule has 0 aliphatic carbocycles. The van der Waals surface area contributed by atoms with Gasteiger partial charge < -0.3 is 5.32 Å². The molecule has 0 saturated heterocycles. The van der Waals surface area contributed by atoms with Gasteiger partial charge in [-0.15, -0.1) is 0 Å². The van der Waals surface area contributed by atoms with Crippen LogP contribution in [-0.4, -0.2) is 5.91 Å². The highest BCUT2D eigenvalue weighted by atomic mass is 79.9. The van der Waals surface area contributed by atoms with Gasteiger partial charge >= 0.3 is 0 Å². The molecule has 1 N–H and O–H groups in total. The Balaban J connectivity index is 2.32. The minimum Gasteiger partial charge on any atom is -0.319 e. The van der Waals surface area contributed by atoms with Gasteiger partial charge in [0.15, 0.2) is 11.6 Å². The van der Waals surface area contributed by atoms with Gasteiger partial charge in [0.05, 0.1) is 11.3 Å². The van der Waals surface area contributed by atoms with Crippen LogP contribution in [0.4, 0.5) is 18.9 Å². The van der Waals surface area contributed by atoms with Gasteiger partial charge in [-0.25, -0.2) is 13.2 Å². The highest BCUT2D eigenvalue weighted by molar-refractivity contribution is 9.10. The Morgan fingerprint density at radius 1 is 1.15 bits per heavy atom. The number of halogens is 4. The number of hydrogen-bond donors (Lipinski definition) is 1. The summed E-state index contributed by atoms with van der Waals surface area (Å²) in [6.07, 6.45) is 0. The number of nitrogens with one attached hydrogen (secondary N) is 1. The number of anilines is 1.